The Morgan fingerprint density at radius 1 is 1.48 bits per heavy atom. The second-order valence-electron chi connectivity index (χ2n) is 5.15. The van der Waals surface area contributed by atoms with Crippen LogP contribution < -0.4 is 10.1 Å². The van der Waals surface area contributed by atoms with Gasteiger partial charge in [0, 0.05) is 31.6 Å². The van der Waals surface area contributed by atoms with Gasteiger partial charge >= 0.3 is 0 Å². The molecule has 0 spiro atoms. The van der Waals surface area contributed by atoms with Crippen LogP contribution in [0.5, 0.6) is 5.75 Å². The number of amides is 1. The van der Waals surface area contributed by atoms with Crippen LogP contribution in [0.25, 0.3) is 0 Å². The Morgan fingerprint density at radius 2 is 2.29 bits per heavy atom. The second-order valence-corrected chi connectivity index (χ2v) is 6.13. The quantitative estimate of drug-likeness (QED) is 0.819. The highest BCUT2D eigenvalue weighted by Crippen LogP contribution is 2.30. The standard InChI is InChI=1S/C16H24N2O2S/c1-20-15-7-4-3-6-13(15)14-12-17-9-10-18(14)16(19)8-5-11-21-2/h3-4,6-7,14,17H,5,8-12H2,1-2H3. The number of nitrogens with zero attached hydrogens (tertiary/aromatic N) is 1. The summed E-state index contributed by atoms with van der Waals surface area (Å²) in [4.78, 5) is 14.5. The van der Waals surface area contributed by atoms with Crippen molar-refractivity contribution in [3.8, 4) is 5.75 Å². The van der Waals surface area contributed by atoms with E-state index in [2.05, 4.69) is 17.6 Å². The van der Waals surface area contributed by atoms with Gasteiger partial charge in [-0.1, -0.05) is 18.2 Å². The molecule has 0 bridgehead atoms. The molecular weight excluding hydrogens is 284 g/mol. The zero-order chi connectivity index (χ0) is 15.1. The van der Waals surface area contributed by atoms with Gasteiger partial charge in [-0.3, -0.25) is 4.79 Å². The van der Waals surface area contributed by atoms with E-state index >= 15 is 0 Å². The molecule has 0 saturated carbocycles. The third kappa shape index (κ3) is 4.14. The van der Waals surface area contributed by atoms with Crippen molar-refractivity contribution >= 4 is 17.7 Å². The number of thioether (sulfide) groups is 1. The molecule has 0 aromatic heterocycles. The molecule has 1 aromatic rings. The van der Waals surface area contributed by atoms with Crippen molar-refractivity contribution in [1.82, 2.24) is 10.2 Å². The van der Waals surface area contributed by atoms with E-state index in [0.717, 1.165) is 43.1 Å². The number of para-hydroxylation sites is 1. The first-order valence-corrected chi connectivity index (χ1v) is 8.79. The molecule has 1 N–H and O–H groups in total. The van der Waals surface area contributed by atoms with Gasteiger partial charge in [0.05, 0.1) is 13.2 Å². The van der Waals surface area contributed by atoms with Crippen LogP contribution in [-0.2, 0) is 4.79 Å². The summed E-state index contributed by atoms with van der Waals surface area (Å²) in [7, 11) is 1.68. The van der Waals surface area contributed by atoms with E-state index in [4.69, 9.17) is 4.74 Å². The number of carbonyl (C=O) groups excluding carboxylic acids is 1. The van der Waals surface area contributed by atoms with Crippen molar-refractivity contribution in [2.24, 2.45) is 0 Å². The molecule has 0 aliphatic carbocycles. The molecule has 4 nitrogen and oxygen atoms in total. The molecular formula is C16H24N2O2S. The predicted octanol–water partition coefficient (Wildman–Crippen LogP) is 2.31. The Morgan fingerprint density at radius 3 is 3.05 bits per heavy atom. The van der Waals surface area contributed by atoms with Crippen molar-refractivity contribution < 1.29 is 9.53 Å². The minimum absolute atomic E-state index is 0.0664. The zero-order valence-corrected chi connectivity index (χ0v) is 13.6. The normalized spacial score (nSPS) is 18.6. The van der Waals surface area contributed by atoms with Crippen molar-refractivity contribution in [1.29, 1.82) is 0 Å². The molecule has 116 valence electrons. The first kappa shape index (κ1) is 16.2. The van der Waals surface area contributed by atoms with Gasteiger partial charge in [-0.2, -0.15) is 11.8 Å². The molecule has 1 amide bonds. The molecule has 1 atom stereocenters. The number of hydrogen-bond donors (Lipinski definition) is 1. The smallest absolute Gasteiger partial charge is 0.223 e. The fourth-order valence-corrected chi connectivity index (χ4v) is 3.17. The Balaban J connectivity index is 2.13. The Kier molecular flexibility index (Phi) is 6.39. The lowest BCUT2D eigenvalue weighted by Gasteiger charge is -2.37. The average molecular weight is 308 g/mol. The van der Waals surface area contributed by atoms with E-state index in [-0.39, 0.29) is 11.9 Å². The maximum Gasteiger partial charge on any atom is 0.223 e. The summed E-state index contributed by atoms with van der Waals surface area (Å²) in [5.74, 6) is 2.14. The summed E-state index contributed by atoms with van der Waals surface area (Å²) in [6.45, 7) is 2.41. The summed E-state index contributed by atoms with van der Waals surface area (Å²) >= 11 is 1.79. The van der Waals surface area contributed by atoms with Crippen LogP contribution in [-0.4, -0.2) is 49.6 Å². The summed E-state index contributed by atoms with van der Waals surface area (Å²) < 4.78 is 5.46. The maximum absolute atomic E-state index is 12.5. The predicted molar refractivity (Wildman–Crippen MR) is 87.9 cm³/mol. The molecule has 1 aliphatic rings. The molecule has 1 fully saturated rings. The van der Waals surface area contributed by atoms with E-state index in [0.29, 0.717) is 6.42 Å². The number of rotatable bonds is 6. The van der Waals surface area contributed by atoms with Gasteiger partial charge in [-0.15, -0.1) is 0 Å². The topological polar surface area (TPSA) is 41.6 Å². The van der Waals surface area contributed by atoms with Crippen LogP contribution in [0.4, 0.5) is 0 Å². The number of nitrogens with one attached hydrogen (secondary N) is 1. The lowest BCUT2D eigenvalue weighted by atomic mass is 10.0. The number of piperazine rings is 1. The summed E-state index contributed by atoms with van der Waals surface area (Å²) in [5, 5.41) is 3.38. The number of hydrogen-bond acceptors (Lipinski definition) is 4. The molecule has 0 radical (unpaired) electrons. The van der Waals surface area contributed by atoms with Crippen molar-refractivity contribution in [2.75, 3.05) is 38.8 Å². The zero-order valence-electron chi connectivity index (χ0n) is 12.8. The van der Waals surface area contributed by atoms with Crippen LogP contribution in [0.1, 0.15) is 24.4 Å². The van der Waals surface area contributed by atoms with E-state index in [1.54, 1.807) is 18.9 Å². The van der Waals surface area contributed by atoms with Crippen LogP contribution >= 0.6 is 11.8 Å². The van der Waals surface area contributed by atoms with Crippen LogP contribution in [0, 0.1) is 0 Å². The molecule has 1 saturated heterocycles. The van der Waals surface area contributed by atoms with E-state index < -0.39 is 0 Å². The van der Waals surface area contributed by atoms with Crippen LogP contribution in [0.3, 0.4) is 0 Å². The number of benzene rings is 1. The van der Waals surface area contributed by atoms with Crippen molar-refractivity contribution in [3.63, 3.8) is 0 Å². The van der Waals surface area contributed by atoms with Crippen LogP contribution in [0.2, 0.25) is 0 Å². The largest absolute Gasteiger partial charge is 0.496 e. The highest BCUT2D eigenvalue weighted by Gasteiger charge is 2.29. The highest BCUT2D eigenvalue weighted by atomic mass is 32.2. The number of methoxy groups -OCH3 is 1. The molecule has 2 rings (SSSR count). The lowest BCUT2D eigenvalue weighted by molar-refractivity contribution is -0.134. The minimum Gasteiger partial charge on any atom is -0.496 e. The van der Waals surface area contributed by atoms with Gasteiger partial charge < -0.3 is 15.0 Å². The Hall–Kier alpha value is -1.20. The van der Waals surface area contributed by atoms with Crippen molar-refractivity contribution in [2.45, 2.75) is 18.9 Å². The molecule has 1 aliphatic heterocycles. The maximum atomic E-state index is 12.5. The Labute approximate surface area is 131 Å². The van der Waals surface area contributed by atoms with Crippen LogP contribution in [0.15, 0.2) is 24.3 Å². The van der Waals surface area contributed by atoms with Gasteiger partial charge in [0.1, 0.15) is 5.75 Å². The van der Waals surface area contributed by atoms with E-state index in [9.17, 15) is 4.79 Å². The van der Waals surface area contributed by atoms with Gasteiger partial charge in [0.25, 0.3) is 0 Å². The Bertz CT molecular complexity index is 467. The second kappa shape index (κ2) is 8.29. The molecule has 5 heteroatoms. The minimum atomic E-state index is 0.0664. The molecule has 1 unspecified atom stereocenters. The molecule has 1 heterocycles. The fraction of sp³-hybridized carbons (Fsp3) is 0.562. The SMILES string of the molecule is COc1ccccc1C1CNCCN1C(=O)CCCSC. The summed E-state index contributed by atoms with van der Waals surface area (Å²) in [5.41, 5.74) is 1.09. The van der Waals surface area contributed by atoms with E-state index in [1.165, 1.54) is 0 Å². The number of carbonyl (C=O) groups is 1. The third-order valence-corrected chi connectivity index (χ3v) is 4.50. The van der Waals surface area contributed by atoms with Crippen molar-refractivity contribution in [3.05, 3.63) is 29.8 Å². The number of ether oxygens (including phenoxy) is 1. The molecule has 1 aromatic carbocycles. The summed E-state index contributed by atoms with van der Waals surface area (Å²) in [6.07, 6.45) is 3.65. The lowest BCUT2D eigenvalue weighted by Crippen LogP contribution is -2.48. The van der Waals surface area contributed by atoms with Gasteiger partial charge in [-0.25, -0.2) is 0 Å². The van der Waals surface area contributed by atoms with Gasteiger partial charge in [0.2, 0.25) is 5.91 Å². The monoisotopic (exact) mass is 308 g/mol. The highest BCUT2D eigenvalue weighted by molar-refractivity contribution is 7.98. The average Bonchev–Trinajstić information content (AvgIpc) is 2.55. The molecule has 21 heavy (non-hydrogen) atoms. The first-order chi connectivity index (χ1) is 10.3. The van der Waals surface area contributed by atoms with Gasteiger partial charge in [0.15, 0.2) is 0 Å². The first-order valence-electron chi connectivity index (χ1n) is 7.40. The summed E-state index contributed by atoms with van der Waals surface area (Å²) in [6, 6.07) is 8.04. The van der Waals surface area contributed by atoms with E-state index in [1.807, 2.05) is 23.1 Å². The third-order valence-electron chi connectivity index (χ3n) is 3.80. The fourth-order valence-electron chi connectivity index (χ4n) is 2.73. The van der Waals surface area contributed by atoms with Gasteiger partial charge in [-0.05, 0) is 24.5 Å².